The van der Waals surface area contributed by atoms with Crippen LogP contribution in [0.5, 0.6) is 0 Å². The number of hydrogen-bond donors (Lipinski definition) is 3. The summed E-state index contributed by atoms with van der Waals surface area (Å²) >= 11 is 5.97. The number of likely N-dealkylation sites (tertiary alicyclic amines) is 1. The van der Waals surface area contributed by atoms with Crippen molar-refractivity contribution in [3.63, 3.8) is 0 Å². The minimum absolute atomic E-state index is 0. The molecular weight excluding hydrogens is 521 g/mol. The molecule has 179 valence electrons. The molecule has 33 heavy (non-hydrogen) atoms. The largest absolute Gasteiger partial charge is 0.698 e. The average molecular weight is 553 g/mol. The van der Waals surface area contributed by atoms with Crippen molar-refractivity contribution >= 4 is 35.0 Å². The van der Waals surface area contributed by atoms with Gasteiger partial charge < -0.3 is 26.4 Å². The molecule has 8 nitrogen and oxygen atoms in total. The third kappa shape index (κ3) is 7.97. The van der Waals surface area contributed by atoms with Crippen molar-refractivity contribution < 1.29 is 52.2 Å². The Morgan fingerprint density at radius 1 is 1.30 bits per heavy atom. The summed E-state index contributed by atoms with van der Waals surface area (Å²) in [6, 6.07) is 2.47. The normalized spacial score (nSPS) is 17.5. The molecular formula is C23H32ClN4O4Y-. The Hall–Kier alpha value is -1.64. The number of aliphatic hydroxyl groups is 1. The minimum atomic E-state index is -0.868. The summed E-state index contributed by atoms with van der Waals surface area (Å²) < 4.78 is 0. The average Bonchev–Trinajstić information content (AvgIpc) is 3.16. The first-order valence-corrected chi connectivity index (χ1v) is 11.0. The second-order valence-corrected chi connectivity index (χ2v) is 9.74. The van der Waals surface area contributed by atoms with Crippen LogP contribution < -0.4 is 10.6 Å². The Kier molecular flexibility index (Phi) is 10.8. The summed E-state index contributed by atoms with van der Waals surface area (Å²) in [7, 11) is 0. The molecule has 1 aromatic carbocycles. The number of amides is 3. The number of nitrogens with zero attached hydrogens (tertiary/aromatic N) is 1. The van der Waals surface area contributed by atoms with Gasteiger partial charge in [0.15, 0.2) is 0 Å². The van der Waals surface area contributed by atoms with Crippen LogP contribution in [0.4, 0.5) is 5.69 Å². The predicted octanol–water partition coefficient (Wildman–Crippen LogP) is 4.12. The maximum absolute atomic E-state index is 13.5. The van der Waals surface area contributed by atoms with Gasteiger partial charge >= 0.3 is 0 Å². The van der Waals surface area contributed by atoms with Crippen LogP contribution in [0.25, 0.3) is 5.73 Å². The molecule has 0 unspecified atom stereocenters. The topological polar surface area (TPSA) is 123 Å². The van der Waals surface area contributed by atoms with E-state index in [2.05, 4.69) is 17.2 Å². The van der Waals surface area contributed by atoms with E-state index in [-0.39, 0.29) is 79.0 Å². The van der Waals surface area contributed by atoms with Gasteiger partial charge in [-0.1, -0.05) is 51.1 Å². The van der Waals surface area contributed by atoms with Crippen molar-refractivity contribution in [1.82, 2.24) is 15.5 Å². The molecule has 3 atom stereocenters. The van der Waals surface area contributed by atoms with Crippen molar-refractivity contribution in [3.05, 3.63) is 46.9 Å². The Labute approximate surface area is 225 Å². The monoisotopic (exact) mass is 552 g/mol. The maximum Gasteiger partial charge on any atom is 0.251 e. The number of carbonyl (C=O) groups excluding carboxylic acids is 3. The molecule has 1 radical (unpaired) electrons. The van der Waals surface area contributed by atoms with Crippen molar-refractivity contribution in [1.29, 1.82) is 0 Å². The Morgan fingerprint density at radius 3 is 2.48 bits per heavy atom. The van der Waals surface area contributed by atoms with E-state index in [1.54, 1.807) is 6.92 Å². The first-order chi connectivity index (χ1) is 14.8. The smallest absolute Gasteiger partial charge is 0.251 e. The summed E-state index contributed by atoms with van der Waals surface area (Å²) in [6.07, 6.45) is 1.43. The number of rotatable bonds is 7. The summed E-state index contributed by atoms with van der Waals surface area (Å²) in [4.78, 5) is 40.6. The van der Waals surface area contributed by atoms with Gasteiger partial charge in [-0.3, -0.25) is 14.4 Å². The van der Waals surface area contributed by atoms with Gasteiger partial charge in [0.05, 0.1) is 5.76 Å². The standard InChI is InChI=1S/C23H33ClN4O4.Y/c1-13(11-14(2)29)26-21(31)18-7-6-10-28(18)22(32)19(23(3,4)5)27-20(30)15-8-9-17(25)16(24)12-15;/h8-9,12-13,18-19H,2,6-7,10-11H2,1,3-5H3,(H5,25,26,27,29,30,31);/p-1/t13-,18+,19-;/m1./s1. The van der Waals surface area contributed by atoms with Crippen molar-refractivity contribution in [2.75, 3.05) is 6.54 Å². The molecule has 0 saturated carbocycles. The van der Waals surface area contributed by atoms with Crippen LogP contribution in [0.1, 0.15) is 57.3 Å². The zero-order valence-electron chi connectivity index (χ0n) is 19.6. The van der Waals surface area contributed by atoms with E-state index in [0.29, 0.717) is 19.4 Å². The van der Waals surface area contributed by atoms with Crippen LogP contribution in [-0.4, -0.2) is 52.4 Å². The van der Waals surface area contributed by atoms with Gasteiger partial charge in [-0.25, -0.2) is 0 Å². The third-order valence-corrected chi connectivity index (χ3v) is 5.70. The predicted molar refractivity (Wildman–Crippen MR) is 125 cm³/mol. The molecule has 0 bridgehead atoms. The van der Waals surface area contributed by atoms with Crippen LogP contribution in [0, 0.1) is 5.41 Å². The number of halogens is 1. The molecule has 1 aliphatic rings. The van der Waals surface area contributed by atoms with Gasteiger partial charge in [0.1, 0.15) is 12.1 Å². The zero-order chi connectivity index (χ0) is 24.2. The number of carbonyl (C=O) groups is 3. The van der Waals surface area contributed by atoms with Crippen molar-refractivity contribution in [2.45, 2.75) is 65.1 Å². The molecule has 3 amide bonds. The molecule has 1 fully saturated rings. The molecule has 4 N–H and O–H groups in total. The van der Waals surface area contributed by atoms with Crippen LogP contribution in [-0.2, 0) is 42.3 Å². The van der Waals surface area contributed by atoms with Crippen molar-refractivity contribution in [3.8, 4) is 0 Å². The van der Waals surface area contributed by atoms with E-state index in [0.717, 1.165) is 0 Å². The van der Waals surface area contributed by atoms with E-state index in [9.17, 15) is 19.5 Å². The number of hydrogen-bond acceptors (Lipinski definition) is 4. The van der Waals surface area contributed by atoms with Gasteiger partial charge in [0.2, 0.25) is 11.8 Å². The summed E-state index contributed by atoms with van der Waals surface area (Å²) in [5.41, 5.74) is 7.39. The summed E-state index contributed by atoms with van der Waals surface area (Å²) in [5, 5.41) is 15.1. The quantitative estimate of drug-likeness (QED) is 0.440. The molecule has 0 spiro atoms. The van der Waals surface area contributed by atoms with E-state index in [1.165, 1.54) is 23.1 Å². The molecule has 10 heteroatoms. The minimum Gasteiger partial charge on any atom is -0.698 e. The Morgan fingerprint density at radius 2 is 1.94 bits per heavy atom. The molecule has 2 rings (SSSR count). The van der Waals surface area contributed by atoms with Gasteiger partial charge in [-0.15, -0.1) is 5.69 Å². The van der Waals surface area contributed by atoms with E-state index in [4.69, 9.17) is 17.3 Å². The second kappa shape index (κ2) is 12.2. The first-order valence-electron chi connectivity index (χ1n) is 10.6. The summed E-state index contributed by atoms with van der Waals surface area (Å²) in [6.45, 7) is 11.1. The summed E-state index contributed by atoms with van der Waals surface area (Å²) in [5.74, 6) is -1.12. The Balaban J connectivity index is 0.00000544. The van der Waals surface area contributed by atoms with Crippen molar-refractivity contribution in [2.24, 2.45) is 5.41 Å². The van der Waals surface area contributed by atoms with Crippen LogP contribution in [0.2, 0.25) is 5.02 Å². The first kappa shape index (κ1) is 29.4. The SMILES string of the molecule is C=C(O)C[C@@H](C)NC(=O)[C@@H]1CCCN1C(=O)[C@@H](NC(=O)c1ccc([NH-])c(Cl)c1)C(C)(C)C.[Y]. The number of aliphatic hydroxyl groups excluding tert-OH is 1. The molecule has 1 saturated heterocycles. The molecule has 0 aliphatic carbocycles. The number of benzene rings is 1. The van der Waals surface area contributed by atoms with Gasteiger partial charge in [-0.05, 0) is 31.2 Å². The van der Waals surface area contributed by atoms with Gasteiger partial charge in [0, 0.05) is 62.3 Å². The van der Waals surface area contributed by atoms with Crippen LogP contribution in [0.15, 0.2) is 30.5 Å². The van der Waals surface area contributed by atoms with Crippen LogP contribution in [0.3, 0.4) is 0 Å². The molecule has 1 aromatic rings. The Bertz CT molecular complexity index is 903. The molecule has 0 aromatic heterocycles. The molecule has 1 heterocycles. The fourth-order valence-electron chi connectivity index (χ4n) is 3.73. The molecule has 1 aliphatic heterocycles. The maximum atomic E-state index is 13.5. The van der Waals surface area contributed by atoms with E-state index in [1.807, 2.05) is 20.8 Å². The second-order valence-electron chi connectivity index (χ2n) is 9.34. The zero-order valence-corrected chi connectivity index (χ0v) is 23.2. The third-order valence-electron chi connectivity index (χ3n) is 5.39. The van der Waals surface area contributed by atoms with E-state index >= 15 is 0 Å². The number of nitrogens with one attached hydrogen (secondary N) is 3. The van der Waals surface area contributed by atoms with E-state index < -0.39 is 23.4 Å². The van der Waals surface area contributed by atoms with Gasteiger partial charge in [-0.2, -0.15) is 0 Å². The van der Waals surface area contributed by atoms with Gasteiger partial charge in [0.25, 0.3) is 5.91 Å². The van der Waals surface area contributed by atoms with Crippen LogP contribution >= 0.6 is 11.6 Å². The fourth-order valence-corrected chi connectivity index (χ4v) is 3.91. The fraction of sp³-hybridized carbons (Fsp3) is 0.522.